The molecule has 1 heterocycles. The molecule has 0 aliphatic carbocycles. The fourth-order valence-electron chi connectivity index (χ4n) is 2.69. The van der Waals surface area contributed by atoms with Crippen LogP contribution < -0.4 is 10.6 Å². The Kier molecular flexibility index (Phi) is 6.70. The van der Waals surface area contributed by atoms with E-state index in [4.69, 9.17) is 0 Å². The van der Waals surface area contributed by atoms with E-state index in [1.54, 1.807) is 0 Å². The van der Waals surface area contributed by atoms with Crippen LogP contribution in [0.1, 0.15) is 24.0 Å². The van der Waals surface area contributed by atoms with E-state index in [2.05, 4.69) is 34.6 Å². The van der Waals surface area contributed by atoms with Gasteiger partial charge in [-0.2, -0.15) is 0 Å². The molecule has 0 spiro atoms. The Bertz CT molecular complexity index is 441. The summed E-state index contributed by atoms with van der Waals surface area (Å²) in [7, 11) is 0. The molecule has 2 N–H and O–H groups in total. The second-order valence-electron chi connectivity index (χ2n) is 5.72. The van der Waals surface area contributed by atoms with Gasteiger partial charge < -0.3 is 15.5 Å². The van der Waals surface area contributed by atoms with E-state index in [0.717, 1.165) is 52.1 Å². The van der Waals surface area contributed by atoms with Crippen LogP contribution in [-0.2, 0) is 11.2 Å². The van der Waals surface area contributed by atoms with Crippen molar-refractivity contribution in [1.82, 2.24) is 15.5 Å². The molecule has 116 valence electrons. The predicted octanol–water partition coefficient (Wildman–Crippen LogP) is 1.34. The first-order valence-corrected chi connectivity index (χ1v) is 8.00. The van der Waals surface area contributed by atoms with E-state index in [1.165, 1.54) is 11.1 Å². The van der Waals surface area contributed by atoms with Crippen LogP contribution in [0, 0.1) is 6.92 Å². The van der Waals surface area contributed by atoms with Gasteiger partial charge in [0.05, 0.1) is 0 Å². The average Bonchev–Trinajstić information content (AvgIpc) is 2.52. The van der Waals surface area contributed by atoms with Crippen molar-refractivity contribution in [2.75, 3.05) is 39.3 Å². The normalized spacial score (nSPS) is 15.9. The molecule has 4 heteroatoms. The molecule has 0 atom stereocenters. The molecule has 0 radical (unpaired) electrons. The quantitative estimate of drug-likeness (QED) is 0.745. The minimum absolute atomic E-state index is 0.165. The Morgan fingerprint density at radius 1 is 1.29 bits per heavy atom. The van der Waals surface area contributed by atoms with Crippen LogP contribution in [0.4, 0.5) is 0 Å². The maximum Gasteiger partial charge on any atom is 0.220 e. The van der Waals surface area contributed by atoms with Gasteiger partial charge in [0.15, 0.2) is 0 Å². The van der Waals surface area contributed by atoms with E-state index >= 15 is 0 Å². The molecule has 1 aliphatic heterocycles. The molecule has 1 amide bonds. The van der Waals surface area contributed by atoms with Gasteiger partial charge in [-0.1, -0.05) is 24.3 Å². The predicted molar refractivity (Wildman–Crippen MR) is 86.4 cm³/mol. The van der Waals surface area contributed by atoms with Gasteiger partial charge in [-0.25, -0.2) is 0 Å². The zero-order chi connectivity index (χ0) is 14.9. The van der Waals surface area contributed by atoms with Gasteiger partial charge in [0.25, 0.3) is 0 Å². The Labute approximate surface area is 127 Å². The van der Waals surface area contributed by atoms with Crippen molar-refractivity contribution in [3.8, 4) is 0 Å². The molecule has 1 saturated heterocycles. The molecule has 0 bridgehead atoms. The zero-order valence-electron chi connectivity index (χ0n) is 13.0. The molecule has 1 aliphatic rings. The summed E-state index contributed by atoms with van der Waals surface area (Å²) < 4.78 is 0. The molecule has 1 fully saturated rings. The van der Waals surface area contributed by atoms with Crippen LogP contribution in [0.3, 0.4) is 0 Å². The molecular formula is C17H27N3O. The number of piperazine rings is 1. The highest BCUT2D eigenvalue weighted by Crippen LogP contribution is 2.09. The van der Waals surface area contributed by atoms with E-state index in [9.17, 15) is 4.79 Å². The highest BCUT2D eigenvalue weighted by atomic mass is 16.1. The molecule has 4 nitrogen and oxygen atoms in total. The average molecular weight is 289 g/mol. The first kappa shape index (κ1) is 16.0. The minimum atomic E-state index is 0.165. The molecule has 0 aromatic heterocycles. The van der Waals surface area contributed by atoms with Crippen LogP contribution in [0.5, 0.6) is 0 Å². The summed E-state index contributed by atoms with van der Waals surface area (Å²) in [5, 5.41) is 6.38. The number of nitrogens with one attached hydrogen (secondary N) is 2. The third kappa shape index (κ3) is 5.86. The van der Waals surface area contributed by atoms with Crippen molar-refractivity contribution < 1.29 is 4.79 Å². The lowest BCUT2D eigenvalue weighted by atomic mass is 10.0. The van der Waals surface area contributed by atoms with Crippen LogP contribution >= 0.6 is 0 Å². The number of aryl methyl sites for hydroxylation is 2. The van der Waals surface area contributed by atoms with Crippen LogP contribution in [-0.4, -0.2) is 50.1 Å². The number of carbonyl (C=O) groups is 1. The molecule has 0 unspecified atom stereocenters. The monoisotopic (exact) mass is 289 g/mol. The fraction of sp³-hybridized carbons (Fsp3) is 0.588. The molecule has 2 rings (SSSR count). The van der Waals surface area contributed by atoms with Gasteiger partial charge in [0.1, 0.15) is 0 Å². The molecule has 0 saturated carbocycles. The standard InChI is InChI=1S/C17H27N3O/c1-15-5-2-3-6-16(15)7-8-17(21)19-9-4-12-20-13-10-18-11-14-20/h2-3,5-6,18H,4,7-14H2,1H3,(H,19,21). The van der Waals surface area contributed by atoms with Crippen molar-refractivity contribution >= 4 is 5.91 Å². The van der Waals surface area contributed by atoms with Crippen molar-refractivity contribution in [3.63, 3.8) is 0 Å². The number of hydrogen-bond acceptors (Lipinski definition) is 3. The summed E-state index contributed by atoms with van der Waals surface area (Å²) in [5.74, 6) is 0.165. The second kappa shape index (κ2) is 8.80. The summed E-state index contributed by atoms with van der Waals surface area (Å²) >= 11 is 0. The van der Waals surface area contributed by atoms with Crippen molar-refractivity contribution in [2.45, 2.75) is 26.2 Å². The highest BCUT2D eigenvalue weighted by molar-refractivity contribution is 5.76. The fourth-order valence-corrected chi connectivity index (χ4v) is 2.69. The van der Waals surface area contributed by atoms with Crippen LogP contribution in [0.2, 0.25) is 0 Å². The van der Waals surface area contributed by atoms with E-state index in [1.807, 2.05) is 12.1 Å². The third-order valence-corrected chi connectivity index (χ3v) is 4.07. The molecule has 1 aromatic carbocycles. The summed E-state index contributed by atoms with van der Waals surface area (Å²) in [6.07, 6.45) is 2.45. The summed E-state index contributed by atoms with van der Waals surface area (Å²) in [5.41, 5.74) is 2.54. The lowest BCUT2D eigenvalue weighted by molar-refractivity contribution is -0.121. The Balaban J connectivity index is 1.56. The topological polar surface area (TPSA) is 44.4 Å². The van der Waals surface area contributed by atoms with Crippen molar-refractivity contribution in [3.05, 3.63) is 35.4 Å². The largest absolute Gasteiger partial charge is 0.356 e. The Morgan fingerprint density at radius 3 is 2.81 bits per heavy atom. The Hall–Kier alpha value is -1.39. The second-order valence-corrected chi connectivity index (χ2v) is 5.72. The zero-order valence-corrected chi connectivity index (χ0v) is 13.0. The maximum atomic E-state index is 11.8. The minimum Gasteiger partial charge on any atom is -0.356 e. The maximum absolute atomic E-state index is 11.8. The van der Waals surface area contributed by atoms with Gasteiger partial charge in [-0.3, -0.25) is 4.79 Å². The SMILES string of the molecule is Cc1ccccc1CCC(=O)NCCCN1CCNCC1. The molecular weight excluding hydrogens is 262 g/mol. The molecule has 1 aromatic rings. The van der Waals surface area contributed by atoms with E-state index in [0.29, 0.717) is 6.42 Å². The summed E-state index contributed by atoms with van der Waals surface area (Å²) in [6.45, 7) is 8.39. The number of amides is 1. The summed E-state index contributed by atoms with van der Waals surface area (Å²) in [4.78, 5) is 14.3. The highest BCUT2D eigenvalue weighted by Gasteiger charge is 2.09. The number of rotatable bonds is 7. The molecule has 21 heavy (non-hydrogen) atoms. The Morgan fingerprint density at radius 2 is 2.05 bits per heavy atom. The van der Waals surface area contributed by atoms with Crippen molar-refractivity contribution in [1.29, 1.82) is 0 Å². The van der Waals surface area contributed by atoms with Gasteiger partial charge in [-0.05, 0) is 37.4 Å². The first-order chi connectivity index (χ1) is 10.3. The van der Waals surface area contributed by atoms with Crippen molar-refractivity contribution in [2.24, 2.45) is 0 Å². The van der Waals surface area contributed by atoms with Gasteiger partial charge in [0.2, 0.25) is 5.91 Å². The lowest BCUT2D eigenvalue weighted by Gasteiger charge is -2.27. The van der Waals surface area contributed by atoms with Gasteiger partial charge >= 0.3 is 0 Å². The first-order valence-electron chi connectivity index (χ1n) is 8.00. The van der Waals surface area contributed by atoms with Gasteiger partial charge in [0, 0.05) is 39.1 Å². The third-order valence-electron chi connectivity index (χ3n) is 4.07. The number of carbonyl (C=O) groups excluding carboxylic acids is 1. The summed E-state index contributed by atoms with van der Waals surface area (Å²) in [6, 6.07) is 8.27. The van der Waals surface area contributed by atoms with E-state index in [-0.39, 0.29) is 5.91 Å². The number of hydrogen-bond donors (Lipinski definition) is 2. The van der Waals surface area contributed by atoms with Crippen LogP contribution in [0.15, 0.2) is 24.3 Å². The smallest absolute Gasteiger partial charge is 0.220 e. The number of benzene rings is 1. The van der Waals surface area contributed by atoms with Crippen LogP contribution in [0.25, 0.3) is 0 Å². The number of nitrogens with zero attached hydrogens (tertiary/aromatic N) is 1. The van der Waals surface area contributed by atoms with E-state index < -0.39 is 0 Å². The van der Waals surface area contributed by atoms with Gasteiger partial charge in [-0.15, -0.1) is 0 Å². The lowest BCUT2D eigenvalue weighted by Crippen LogP contribution is -2.44.